The van der Waals surface area contributed by atoms with Crippen molar-refractivity contribution >= 4 is 27.5 Å². The summed E-state index contributed by atoms with van der Waals surface area (Å²) >= 11 is 1.41. The summed E-state index contributed by atoms with van der Waals surface area (Å²) in [5.74, 6) is 1.94. The molecule has 0 radical (unpaired) electrons. The summed E-state index contributed by atoms with van der Waals surface area (Å²) < 4.78 is 22.1. The molecule has 0 unspecified atom stereocenters. The van der Waals surface area contributed by atoms with E-state index in [9.17, 15) is 9.18 Å². The summed E-state index contributed by atoms with van der Waals surface area (Å²) in [6.45, 7) is 3.79. The first kappa shape index (κ1) is 18.5. The number of ether oxygens (including phenoxy) is 1. The van der Waals surface area contributed by atoms with Gasteiger partial charge in [-0.3, -0.25) is 4.79 Å². The lowest BCUT2D eigenvalue weighted by Gasteiger charge is -2.55. The molecule has 4 aliphatic rings. The van der Waals surface area contributed by atoms with Crippen molar-refractivity contribution in [1.29, 1.82) is 0 Å². The van der Waals surface area contributed by atoms with Crippen molar-refractivity contribution in [3.8, 4) is 0 Å². The van der Waals surface area contributed by atoms with Crippen molar-refractivity contribution in [3.05, 3.63) is 28.8 Å². The molecule has 1 aromatic carbocycles. The Morgan fingerprint density at radius 3 is 2.57 bits per heavy atom. The van der Waals surface area contributed by atoms with Crippen molar-refractivity contribution in [2.45, 2.75) is 52.0 Å². The van der Waals surface area contributed by atoms with Crippen molar-refractivity contribution in [2.75, 3.05) is 13.2 Å². The molecule has 2 aromatic rings. The minimum absolute atomic E-state index is 0.0591. The van der Waals surface area contributed by atoms with Crippen molar-refractivity contribution in [2.24, 2.45) is 28.2 Å². The number of hydrogen-bond acceptors (Lipinski definition) is 3. The lowest BCUT2D eigenvalue weighted by atomic mass is 9.49. The van der Waals surface area contributed by atoms with Crippen molar-refractivity contribution in [3.63, 3.8) is 0 Å². The molecule has 6 heteroatoms. The number of amides is 1. The maximum Gasteiger partial charge on any atom is 0.254 e. The minimum atomic E-state index is -0.260. The number of rotatable bonds is 5. The third-order valence-corrected chi connectivity index (χ3v) is 8.04. The van der Waals surface area contributed by atoms with Gasteiger partial charge in [0.2, 0.25) is 0 Å². The van der Waals surface area contributed by atoms with E-state index in [0.29, 0.717) is 42.3 Å². The van der Waals surface area contributed by atoms with Gasteiger partial charge >= 0.3 is 0 Å². The highest BCUT2D eigenvalue weighted by atomic mass is 32.1. The summed E-state index contributed by atoms with van der Waals surface area (Å²) in [5, 5.41) is 0. The topological polar surface area (TPSA) is 43.6 Å². The molecule has 4 aliphatic carbocycles. The average molecular weight is 403 g/mol. The predicted octanol–water partition coefficient (Wildman–Crippen LogP) is 4.52. The van der Waals surface area contributed by atoms with Crippen LogP contribution in [0, 0.1) is 29.0 Å². The normalized spacial score (nSPS) is 31.8. The molecule has 4 nitrogen and oxygen atoms in total. The first-order chi connectivity index (χ1) is 13.6. The van der Waals surface area contributed by atoms with Gasteiger partial charge in [0.1, 0.15) is 5.82 Å². The molecule has 6 rings (SSSR count). The van der Waals surface area contributed by atoms with E-state index in [-0.39, 0.29) is 17.1 Å². The number of benzene rings is 1. The van der Waals surface area contributed by atoms with E-state index in [0.717, 1.165) is 29.5 Å². The molecular formula is C22H27FN2O2S. The van der Waals surface area contributed by atoms with Crippen LogP contribution in [0.1, 0.15) is 45.4 Å². The maximum atomic E-state index is 13.7. The van der Waals surface area contributed by atoms with Crippen LogP contribution in [-0.4, -0.2) is 23.7 Å². The highest BCUT2D eigenvalue weighted by molar-refractivity contribution is 7.16. The molecular weight excluding hydrogens is 375 g/mol. The van der Waals surface area contributed by atoms with Crippen LogP contribution in [0.4, 0.5) is 4.39 Å². The van der Waals surface area contributed by atoms with Gasteiger partial charge in [-0.15, -0.1) is 0 Å². The van der Waals surface area contributed by atoms with Crippen LogP contribution in [0.3, 0.4) is 0 Å². The number of halogens is 1. The number of carbonyl (C=O) groups excluding carboxylic acids is 1. The Bertz CT molecular complexity index is 941. The van der Waals surface area contributed by atoms with Gasteiger partial charge in [-0.05, 0) is 81.4 Å². The van der Waals surface area contributed by atoms with Gasteiger partial charge in [-0.25, -0.2) is 4.39 Å². The fourth-order valence-corrected chi connectivity index (χ4v) is 7.31. The second kappa shape index (κ2) is 7.06. The monoisotopic (exact) mass is 402 g/mol. The standard InChI is InChI=1S/C22H27FN2O2S/c1-2-27-6-5-25-18-4-3-17(23)10-19(18)28-21(25)24-20(26)22-11-14-7-15(12-22)9-16(8-14)13-22/h3-4,10,14-16H,2,5-9,11-13H2,1H3. The molecule has 150 valence electrons. The smallest absolute Gasteiger partial charge is 0.254 e. The Hall–Kier alpha value is -1.53. The van der Waals surface area contributed by atoms with Crippen LogP contribution in [0.25, 0.3) is 10.2 Å². The maximum absolute atomic E-state index is 13.7. The molecule has 0 saturated heterocycles. The van der Waals surface area contributed by atoms with Gasteiger partial charge in [0.25, 0.3) is 5.91 Å². The highest BCUT2D eigenvalue weighted by Gasteiger charge is 2.54. The van der Waals surface area contributed by atoms with E-state index in [4.69, 9.17) is 4.74 Å². The molecule has 1 aromatic heterocycles. The zero-order valence-electron chi connectivity index (χ0n) is 16.3. The Kier molecular flexibility index (Phi) is 4.67. The minimum Gasteiger partial charge on any atom is -0.380 e. The zero-order chi connectivity index (χ0) is 19.3. The molecule has 0 spiro atoms. The molecule has 28 heavy (non-hydrogen) atoms. The Morgan fingerprint density at radius 2 is 1.93 bits per heavy atom. The molecule has 1 amide bonds. The summed E-state index contributed by atoms with van der Waals surface area (Å²) in [6, 6.07) is 4.78. The SMILES string of the molecule is CCOCCn1c(=NC(=O)C23CC4CC(CC(C4)C2)C3)sc2cc(F)ccc21. The van der Waals surface area contributed by atoms with Gasteiger partial charge in [0, 0.05) is 13.2 Å². The lowest BCUT2D eigenvalue weighted by molar-refractivity contribution is -0.142. The predicted molar refractivity (Wildman–Crippen MR) is 107 cm³/mol. The fourth-order valence-electron chi connectivity index (χ4n) is 6.23. The number of carbonyl (C=O) groups is 1. The quantitative estimate of drug-likeness (QED) is 0.690. The van der Waals surface area contributed by atoms with Gasteiger partial charge in [0.15, 0.2) is 4.80 Å². The van der Waals surface area contributed by atoms with Gasteiger partial charge in [-0.1, -0.05) is 11.3 Å². The summed E-state index contributed by atoms with van der Waals surface area (Å²) in [5.41, 5.74) is 0.677. The third-order valence-electron chi connectivity index (χ3n) is 7.00. The van der Waals surface area contributed by atoms with Crippen LogP contribution in [0.5, 0.6) is 0 Å². The van der Waals surface area contributed by atoms with Gasteiger partial charge < -0.3 is 9.30 Å². The van der Waals surface area contributed by atoms with Crippen LogP contribution >= 0.6 is 11.3 Å². The Morgan fingerprint density at radius 1 is 1.25 bits per heavy atom. The van der Waals surface area contributed by atoms with E-state index in [1.807, 2.05) is 11.5 Å². The van der Waals surface area contributed by atoms with E-state index in [1.54, 1.807) is 6.07 Å². The number of fused-ring (bicyclic) bond motifs is 1. The molecule has 0 atom stereocenters. The largest absolute Gasteiger partial charge is 0.380 e. The summed E-state index contributed by atoms with van der Waals surface area (Å²) in [6.07, 6.45) is 6.97. The van der Waals surface area contributed by atoms with Crippen molar-refractivity contribution in [1.82, 2.24) is 4.57 Å². The number of aromatic nitrogens is 1. The molecule has 4 bridgehead atoms. The van der Waals surface area contributed by atoms with Crippen LogP contribution in [0.2, 0.25) is 0 Å². The van der Waals surface area contributed by atoms with E-state index >= 15 is 0 Å². The van der Waals surface area contributed by atoms with Crippen LogP contribution in [0.15, 0.2) is 23.2 Å². The molecule has 4 saturated carbocycles. The second-order valence-electron chi connectivity index (χ2n) is 8.96. The summed E-state index contributed by atoms with van der Waals surface area (Å²) in [4.78, 5) is 18.8. The average Bonchev–Trinajstić information content (AvgIpc) is 2.97. The highest BCUT2D eigenvalue weighted by Crippen LogP contribution is 2.60. The van der Waals surface area contributed by atoms with E-state index in [2.05, 4.69) is 4.99 Å². The van der Waals surface area contributed by atoms with Gasteiger partial charge in [-0.2, -0.15) is 4.99 Å². The fraction of sp³-hybridized carbons (Fsp3) is 0.636. The number of thiazole rings is 1. The third kappa shape index (κ3) is 3.14. The molecule has 0 N–H and O–H groups in total. The first-order valence-corrected chi connectivity index (χ1v) is 11.3. The first-order valence-electron chi connectivity index (χ1n) is 10.5. The lowest BCUT2D eigenvalue weighted by Crippen LogP contribution is -2.50. The molecule has 1 heterocycles. The molecule has 0 aliphatic heterocycles. The van der Waals surface area contributed by atoms with Crippen LogP contribution < -0.4 is 4.80 Å². The summed E-state index contributed by atoms with van der Waals surface area (Å²) in [7, 11) is 0. The van der Waals surface area contributed by atoms with E-state index < -0.39 is 0 Å². The van der Waals surface area contributed by atoms with E-state index in [1.165, 1.54) is 42.7 Å². The Labute approximate surface area is 168 Å². The Balaban J connectivity index is 1.53. The number of hydrogen-bond donors (Lipinski definition) is 0. The van der Waals surface area contributed by atoms with Crippen molar-refractivity contribution < 1.29 is 13.9 Å². The molecule has 4 fully saturated rings. The van der Waals surface area contributed by atoms with Gasteiger partial charge in [0.05, 0.1) is 22.2 Å². The second-order valence-corrected chi connectivity index (χ2v) is 9.97. The number of nitrogens with zero attached hydrogens (tertiary/aromatic N) is 2. The zero-order valence-corrected chi connectivity index (χ0v) is 17.1. The van der Waals surface area contributed by atoms with Crippen LogP contribution in [-0.2, 0) is 16.1 Å².